The smallest absolute Gasteiger partial charge is 0.226 e. The standard InChI is InChI=1S/C22H26FNO4/c1-26-19-7-6-17(20(13-19)27-2)15-24-21(25)22(8-10-28-11-9-22)14-16-4-3-5-18(23)12-16/h3-7,12-13H,8-11,14-15H2,1-2H3,(H,24,25). The Morgan fingerprint density at radius 1 is 1.14 bits per heavy atom. The van der Waals surface area contributed by atoms with Crippen molar-refractivity contribution in [3.63, 3.8) is 0 Å². The number of hydrogen-bond donors (Lipinski definition) is 1. The second-order valence-electron chi connectivity index (χ2n) is 7.06. The van der Waals surface area contributed by atoms with E-state index in [2.05, 4.69) is 5.32 Å². The summed E-state index contributed by atoms with van der Waals surface area (Å²) in [5.41, 5.74) is 1.08. The van der Waals surface area contributed by atoms with Crippen LogP contribution in [0.4, 0.5) is 4.39 Å². The lowest BCUT2D eigenvalue weighted by Crippen LogP contribution is -2.46. The lowest BCUT2D eigenvalue weighted by molar-refractivity contribution is -0.136. The number of nitrogens with one attached hydrogen (secondary N) is 1. The van der Waals surface area contributed by atoms with Crippen molar-refractivity contribution < 1.29 is 23.4 Å². The van der Waals surface area contributed by atoms with Crippen LogP contribution in [-0.4, -0.2) is 33.3 Å². The molecule has 1 heterocycles. The van der Waals surface area contributed by atoms with Crippen LogP contribution in [0.15, 0.2) is 42.5 Å². The Balaban J connectivity index is 1.75. The number of amides is 1. The van der Waals surface area contributed by atoms with Crippen molar-refractivity contribution in [1.29, 1.82) is 0 Å². The topological polar surface area (TPSA) is 56.8 Å². The first-order chi connectivity index (χ1) is 13.6. The molecule has 3 rings (SSSR count). The van der Waals surface area contributed by atoms with Crippen LogP contribution in [0.1, 0.15) is 24.0 Å². The number of methoxy groups -OCH3 is 2. The molecular weight excluding hydrogens is 361 g/mol. The van der Waals surface area contributed by atoms with Crippen molar-refractivity contribution in [3.8, 4) is 11.5 Å². The molecule has 0 radical (unpaired) electrons. The lowest BCUT2D eigenvalue weighted by atomic mass is 9.74. The van der Waals surface area contributed by atoms with Gasteiger partial charge in [-0.1, -0.05) is 12.1 Å². The highest BCUT2D eigenvalue weighted by molar-refractivity contribution is 5.83. The molecule has 0 aliphatic carbocycles. The number of benzene rings is 2. The number of hydrogen-bond acceptors (Lipinski definition) is 4. The van der Waals surface area contributed by atoms with Crippen LogP contribution in [0, 0.1) is 11.2 Å². The minimum atomic E-state index is -0.605. The molecule has 0 bridgehead atoms. The van der Waals surface area contributed by atoms with Gasteiger partial charge in [0.25, 0.3) is 0 Å². The molecule has 0 spiro atoms. The minimum Gasteiger partial charge on any atom is -0.497 e. The quantitative estimate of drug-likeness (QED) is 0.790. The SMILES string of the molecule is COc1ccc(CNC(=O)C2(Cc3cccc(F)c3)CCOCC2)c(OC)c1. The monoisotopic (exact) mass is 387 g/mol. The number of carbonyl (C=O) groups excluding carboxylic acids is 1. The Labute approximate surface area is 164 Å². The predicted octanol–water partition coefficient (Wildman–Crippen LogP) is 3.50. The third kappa shape index (κ3) is 4.62. The lowest BCUT2D eigenvalue weighted by Gasteiger charge is -2.36. The highest BCUT2D eigenvalue weighted by Crippen LogP contribution is 2.35. The van der Waals surface area contributed by atoms with Gasteiger partial charge in [0.05, 0.1) is 19.6 Å². The maximum atomic E-state index is 13.6. The van der Waals surface area contributed by atoms with Gasteiger partial charge in [0.2, 0.25) is 5.91 Å². The predicted molar refractivity (Wildman–Crippen MR) is 104 cm³/mol. The maximum Gasteiger partial charge on any atom is 0.226 e. The van der Waals surface area contributed by atoms with E-state index in [0.29, 0.717) is 50.5 Å². The molecule has 1 saturated heterocycles. The molecular formula is C22H26FNO4. The van der Waals surface area contributed by atoms with Crippen molar-refractivity contribution in [2.24, 2.45) is 5.41 Å². The van der Waals surface area contributed by atoms with Gasteiger partial charge >= 0.3 is 0 Å². The second kappa shape index (κ2) is 9.06. The van der Waals surface area contributed by atoms with E-state index in [1.54, 1.807) is 26.4 Å². The fourth-order valence-electron chi connectivity index (χ4n) is 3.64. The van der Waals surface area contributed by atoms with Crippen molar-refractivity contribution in [2.45, 2.75) is 25.8 Å². The van der Waals surface area contributed by atoms with Crippen molar-refractivity contribution in [1.82, 2.24) is 5.32 Å². The summed E-state index contributed by atoms with van der Waals surface area (Å²) >= 11 is 0. The van der Waals surface area contributed by atoms with Gasteiger partial charge in [-0.15, -0.1) is 0 Å². The van der Waals surface area contributed by atoms with Crippen LogP contribution in [0.5, 0.6) is 11.5 Å². The van der Waals surface area contributed by atoms with Crippen LogP contribution in [0.2, 0.25) is 0 Å². The Kier molecular flexibility index (Phi) is 6.52. The minimum absolute atomic E-state index is 0.0436. The largest absolute Gasteiger partial charge is 0.497 e. The second-order valence-corrected chi connectivity index (χ2v) is 7.06. The molecule has 28 heavy (non-hydrogen) atoms. The van der Waals surface area contributed by atoms with E-state index in [9.17, 15) is 9.18 Å². The molecule has 2 aromatic carbocycles. The average Bonchev–Trinajstić information content (AvgIpc) is 2.72. The van der Waals surface area contributed by atoms with E-state index in [4.69, 9.17) is 14.2 Å². The average molecular weight is 387 g/mol. The van der Waals surface area contributed by atoms with E-state index >= 15 is 0 Å². The number of rotatable bonds is 7. The Bertz CT molecular complexity index is 818. The molecule has 1 amide bonds. The van der Waals surface area contributed by atoms with E-state index < -0.39 is 5.41 Å². The van der Waals surface area contributed by atoms with Gasteiger partial charge in [-0.2, -0.15) is 0 Å². The fraction of sp³-hybridized carbons (Fsp3) is 0.409. The Morgan fingerprint density at radius 2 is 1.93 bits per heavy atom. The summed E-state index contributed by atoms with van der Waals surface area (Å²) in [6.07, 6.45) is 1.70. The molecule has 1 N–H and O–H groups in total. The Hall–Kier alpha value is -2.60. The first-order valence-corrected chi connectivity index (χ1v) is 9.38. The molecule has 1 aliphatic heterocycles. The van der Waals surface area contributed by atoms with Gasteiger partial charge in [0, 0.05) is 31.4 Å². The molecule has 150 valence electrons. The number of halogens is 1. The number of ether oxygens (including phenoxy) is 3. The zero-order valence-electron chi connectivity index (χ0n) is 16.3. The summed E-state index contributed by atoms with van der Waals surface area (Å²) in [4.78, 5) is 13.2. The molecule has 1 fully saturated rings. The third-order valence-electron chi connectivity index (χ3n) is 5.30. The molecule has 0 saturated carbocycles. The molecule has 1 aliphatic rings. The highest BCUT2D eigenvalue weighted by Gasteiger charge is 2.40. The normalized spacial score (nSPS) is 15.7. The van der Waals surface area contributed by atoms with E-state index in [-0.39, 0.29) is 11.7 Å². The molecule has 2 aromatic rings. The molecule has 5 nitrogen and oxygen atoms in total. The maximum absolute atomic E-state index is 13.6. The van der Waals surface area contributed by atoms with Gasteiger partial charge in [-0.05, 0) is 49.1 Å². The summed E-state index contributed by atoms with van der Waals surface area (Å²) < 4.78 is 29.7. The van der Waals surface area contributed by atoms with E-state index in [1.807, 2.05) is 18.2 Å². The molecule has 0 unspecified atom stereocenters. The van der Waals surface area contributed by atoms with Crippen molar-refractivity contribution >= 4 is 5.91 Å². The number of carbonyl (C=O) groups is 1. The summed E-state index contributed by atoms with van der Waals surface area (Å²) in [5, 5.41) is 3.05. The van der Waals surface area contributed by atoms with Crippen molar-refractivity contribution in [2.75, 3.05) is 27.4 Å². The molecule has 0 aromatic heterocycles. The van der Waals surface area contributed by atoms with Gasteiger partial charge in [0.15, 0.2) is 0 Å². The van der Waals surface area contributed by atoms with Gasteiger partial charge in [-0.3, -0.25) is 4.79 Å². The zero-order chi connectivity index (χ0) is 20.0. The van der Waals surface area contributed by atoms with Crippen LogP contribution in [0.25, 0.3) is 0 Å². The van der Waals surface area contributed by atoms with Gasteiger partial charge in [0.1, 0.15) is 17.3 Å². The summed E-state index contributed by atoms with van der Waals surface area (Å²) in [6.45, 7) is 1.39. The first kappa shape index (κ1) is 20.1. The fourth-order valence-corrected chi connectivity index (χ4v) is 3.64. The molecule has 0 atom stereocenters. The Morgan fingerprint density at radius 3 is 2.61 bits per heavy atom. The van der Waals surface area contributed by atoms with Crippen LogP contribution >= 0.6 is 0 Å². The zero-order valence-corrected chi connectivity index (χ0v) is 16.3. The van der Waals surface area contributed by atoms with Gasteiger partial charge in [-0.25, -0.2) is 4.39 Å². The van der Waals surface area contributed by atoms with Crippen LogP contribution < -0.4 is 14.8 Å². The summed E-state index contributed by atoms with van der Waals surface area (Å²) in [6, 6.07) is 12.0. The van der Waals surface area contributed by atoms with E-state index in [0.717, 1.165) is 11.1 Å². The summed E-state index contributed by atoms with van der Waals surface area (Å²) in [5.74, 6) is 1.02. The van der Waals surface area contributed by atoms with Crippen molar-refractivity contribution in [3.05, 3.63) is 59.4 Å². The van der Waals surface area contributed by atoms with Gasteiger partial charge < -0.3 is 19.5 Å². The highest BCUT2D eigenvalue weighted by atomic mass is 19.1. The summed E-state index contributed by atoms with van der Waals surface area (Å²) in [7, 11) is 3.18. The first-order valence-electron chi connectivity index (χ1n) is 9.38. The third-order valence-corrected chi connectivity index (χ3v) is 5.30. The van der Waals surface area contributed by atoms with E-state index in [1.165, 1.54) is 12.1 Å². The van der Waals surface area contributed by atoms with Crippen LogP contribution in [-0.2, 0) is 22.5 Å². The van der Waals surface area contributed by atoms with Crippen LogP contribution in [0.3, 0.4) is 0 Å². The molecule has 6 heteroatoms.